The summed E-state index contributed by atoms with van der Waals surface area (Å²) in [6, 6.07) is 2.86. The third kappa shape index (κ3) is 5.16. The van der Waals surface area contributed by atoms with Gasteiger partial charge in [-0.05, 0) is 32.9 Å². The Bertz CT molecular complexity index is 498. The second-order valence-electron chi connectivity index (χ2n) is 5.61. The second kappa shape index (κ2) is 8.59. The van der Waals surface area contributed by atoms with Crippen LogP contribution < -0.4 is 15.2 Å². The van der Waals surface area contributed by atoms with Gasteiger partial charge in [0.15, 0.2) is 6.79 Å². The van der Waals surface area contributed by atoms with Crippen LogP contribution in [0.1, 0.15) is 32.4 Å². The fraction of sp³-hybridized carbons (Fsp3) is 0.571. The molecule has 0 heterocycles. The summed E-state index contributed by atoms with van der Waals surface area (Å²) in [4.78, 5) is 0. The lowest BCUT2D eigenvalue weighted by atomic mass is 10.1. The quantitative estimate of drug-likeness (QED) is 0.571. The van der Waals surface area contributed by atoms with Gasteiger partial charge in [0, 0.05) is 30.6 Å². The Labute approximate surface area is 144 Å². The van der Waals surface area contributed by atoms with E-state index in [1.165, 1.54) is 7.11 Å². The number of rotatable bonds is 7. The molecule has 2 atom stereocenters. The number of ether oxygens (including phenoxy) is 2. The lowest BCUT2D eigenvalue weighted by molar-refractivity contribution is 0.0501. The molecule has 0 radical (unpaired) electrons. The van der Waals surface area contributed by atoms with E-state index in [1.807, 2.05) is 20.8 Å². The van der Waals surface area contributed by atoms with Gasteiger partial charge < -0.3 is 19.8 Å². The molecule has 1 aromatic carbocycles. The van der Waals surface area contributed by atoms with Gasteiger partial charge in [-0.3, -0.25) is 0 Å². The predicted octanol–water partition coefficient (Wildman–Crippen LogP) is 3.03. The Kier molecular flexibility index (Phi) is 7.74. The molecule has 0 saturated heterocycles. The monoisotopic (exact) mass is 368 g/mol. The minimum absolute atomic E-state index is 0.0601. The van der Waals surface area contributed by atoms with Gasteiger partial charge in [0.25, 0.3) is 0 Å². The molecule has 1 aromatic rings. The minimum atomic E-state index is -1.32. The maximum Gasteiger partial charge on any atom is 0.188 e. The van der Waals surface area contributed by atoms with E-state index in [0.29, 0.717) is 21.4 Å². The number of halogens is 2. The maximum atomic E-state index is 12.3. The summed E-state index contributed by atoms with van der Waals surface area (Å²) in [5.41, 5.74) is 6.40. The van der Waals surface area contributed by atoms with Gasteiger partial charge in [0.2, 0.25) is 0 Å². The molecule has 1 rings (SSSR count). The van der Waals surface area contributed by atoms with E-state index in [-0.39, 0.29) is 13.3 Å². The summed E-state index contributed by atoms with van der Waals surface area (Å²) in [5, 5.41) is 0.701. The maximum absolute atomic E-state index is 12.3. The molecule has 0 aliphatic carbocycles. The van der Waals surface area contributed by atoms with Gasteiger partial charge in [0.05, 0.1) is 16.1 Å². The lowest BCUT2D eigenvalue weighted by Gasteiger charge is -2.28. The molecule has 0 unspecified atom stereocenters. The van der Waals surface area contributed by atoms with Crippen molar-refractivity contribution in [2.24, 2.45) is 5.73 Å². The van der Waals surface area contributed by atoms with Crippen molar-refractivity contribution in [1.29, 1.82) is 0 Å². The first kappa shape index (κ1) is 19.8. The molecule has 3 N–H and O–H groups in total. The summed E-state index contributed by atoms with van der Waals surface area (Å²) in [6.07, 6.45) is 0. The van der Waals surface area contributed by atoms with Crippen LogP contribution in [-0.2, 0) is 16.1 Å². The number of benzene rings is 1. The van der Waals surface area contributed by atoms with Crippen molar-refractivity contribution in [2.75, 3.05) is 20.4 Å². The normalized spacial score (nSPS) is 14.7. The first-order valence-electron chi connectivity index (χ1n) is 6.70. The second-order valence-corrected chi connectivity index (χ2v) is 8.39. The number of methoxy groups -OCH3 is 1. The minimum Gasteiger partial charge on any atom is -0.598 e. The van der Waals surface area contributed by atoms with E-state index in [2.05, 4.69) is 4.72 Å². The van der Waals surface area contributed by atoms with Gasteiger partial charge in [-0.2, -0.15) is 0 Å². The highest BCUT2D eigenvalue weighted by molar-refractivity contribution is 7.90. The average Bonchev–Trinajstić information content (AvgIpc) is 2.45. The lowest BCUT2D eigenvalue weighted by Crippen LogP contribution is -2.43. The zero-order chi connectivity index (χ0) is 16.9. The van der Waals surface area contributed by atoms with E-state index in [9.17, 15) is 4.55 Å². The van der Waals surface area contributed by atoms with Crippen molar-refractivity contribution >= 4 is 34.6 Å². The van der Waals surface area contributed by atoms with Crippen LogP contribution in [0.5, 0.6) is 5.75 Å². The van der Waals surface area contributed by atoms with Crippen LogP contribution in [0.2, 0.25) is 10.0 Å². The molecule has 22 heavy (non-hydrogen) atoms. The fourth-order valence-corrected chi connectivity index (χ4v) is 2.93. The zero-order valence-electron chi connectivity index (χ0n) is 13.1. The van der Waals surface area contributed by atoms with E-state index in [0.717, 1.165) is 0 Å². The van der Waals surface area contributed by atoms with Crippen molar-refractivity contribution in [3.05, 3.63) is 27.7 Å². The van der Waals surface area contributed by atoms with Crippen LogP contribution in [0.3, 0.4) is 0 Å². The van der Waals surface area contributed by atoms with Crippen molar-refractivity contribution in [3.63, 3.8) is 0 Å². The van der Waals surface area contributed by atoms with Crippen molar-refractivity contribution in [2.45, 2.75) is 31.6 Å². The summed E-state index contributed by atoms with van der Waals surface area (Å²) in [5.74, 6) is 0.491. The topological polar surface area (TPSA) is 79.6 Å². The fourth-order valence-electron chi connectivity index (χ4n) is 1.65. The molecular formula is C14H22Cl2N2O3S. The van der Waals surface area contributed by atoms with Crippen LogP contribution in [0.15, 0.2) is 12.1 Å². The largest absolute Gasteiger partial charge is 0.598 e. The summed E-state index contributed by atoms with van der Waals surface area (Å²) in [6.45, 7) is 5.85. The first-order chi connectivity index (χ1) is 10.2. The molecule has 126 valence electrons. The third-order valence-electron chi connectivity index (χ3n) is 2.81. The molecule has 0 saturated carbocycles. The Morgan fingerprint density at radius 2 is 2.00 bits per heavy atom. The molecule has 0 aromatic heterocycles. The van der Waals surface area contributed by atoms with Gasteiger partial charge >= 0.3 is 0 Å². The summed E-state index contributed by atoms with van der Waals surface area (Å²) in [7, 11) is 1.52. The molecule has 0 fully saturated rings. The van der Waals surface area contributed by atoms with Gasteiger partial charge in [0.1, 0.15) is 10.5 Å². The number of hydrogen-bond acceptors (Lipinski definition) is 5. The number of nitrogens with two attached hydrogens (primary N) is 1. The SMILES string of the molecule is COCOc1ccc(Cl)c(Cl)c1[C@@H](CN)N[S@@+]([O-])C(C)(C)C. The molecule has 0 aliphatic heterocycles. The molecule has 0 spiro atoms. The molecule has 0 bridgehead atoms. The van der Waals surface area contributed by atoms with Crippen molar-refractivity contribution < 1.29 is 14.0 Å². The highest BCUT2D eigenvalue weighted by Crippen LogP contribution is 2.37. The Hall–Kier alpha value is -0.210. The van der Waals surface area contributed by atoms with Gasteiger partial charge in [-0.1, -0.05) is 23.2 Å². The Morgan fingerprint density at radius 1 is 1.36 bits per heavy atom. The van der Waals surface area contributed by atoms with E-state index in [4.69, 9.17) is 38.4 Å². The van der Waals surface area contributed by atoms with Crippen LogP contribution in [0.4, 0.5) is 0 Å². The van der Waals surface area contributed by atoms with Crippen molar-refractivity contribution in [1.82, 2.24) is 4.72 Å². The molecule has 8 heteroatoms. The van der Waals surface area contributed by atoms with Crippen LogP contribution in [-0.4, -0.2) is 29.7 Å². The Balaban J connectivity index is 3.16. The third-order valence-corrected chi connectivity index (χ3v) is 5.24. The van der Waals surface area contributed by atoms with Crippen molar-refractivity contribution in [3.8, 4) is 5.75 Å². The highest BCUT2D eigenvalue weighted by atomic mass is 35.5. The van der Waals surface area contributed by atoms with Gasteiger partial charge in [-0.25, -0.2) is 0 Å². The Morgan fingerprint density at radius 3 is 2.50 bits per heavy atom. The van der Waals surface area contributed by atoms with Crippen LogP contribution >= 0.6 is 23.2 Å². The summed E-state index contributed by atoms with van der Waals surface area (Å²) >= 11 is 11.1. The van der Waals surface area contributed by atoms with E-state index >= 15 is 0 Å². The standard InChI is InChI=1S/C14H22Cl2N2O3S/c1-14(2,3)22(19)18-10(7-17)12-11(21-8-20-4)6-5-9(15)13(12)16/h5-6,10,18H,7-8,17H2,1-4H3/t10-,22+/m1/s1. The molecule has 0 amide bonds. The predicted molar refractivity (Wildman–Crippen MR) is 91.8 cm³/mol. The van der Waals surface area contributed by atoms with E-state index < -0.39 is 22.2 Å². The highest BCUT2D eigenvalue weighted by Gasteiger charge is 2.31. The molecular weight excluding hydrogens is 347 g/mol. The van der Waals surface area contributed by atoms with Gasteiger partial charge in [-0.15, -0.1) is 4.72 Å². The number of nitrogens with one attached hydrogen (secondary N) is 1. The zero-order valence-corrected chi connectivity index (χ0v) is 15.4. The van der Waals surface area contributed by atoms with Crippen LogP contribution in [0.25, 0.3) is 0 Å². The first-order valence-corrected chi connectivity index (χ1v) is 8.60. The van der Waals surface area contributed by atoms with E-state index in [1.54, 1.807) is 12.1 Å². The smallest absolute Gasteiger partial charge is 0.188 e. The molecule has 0 aliphatic rings. The van der Waals surface area contributed by atoms with Crippen LogP contribution in [0, 0.1) is 0 Å². The number of hydrogen-bond donors (Lipinski definition) is 2. The molecule has 5 nitrogen and oxygen atoms in total. The summed E-state index contributed by atoms with van der Waals surface area (Å²) < 4.78 is 25.3. The average molecular weight is 369 g/mol.